The minimum absolute atomic E-state index is 0.0291. The minimum atomic E-state index is -0.0740. The first-order valence-electron chi connectivity index (χ1n) is 8.13. The SMILES string of the molecule is C[C@H](c1ccccc1)N(C)C(=O)NCCc1cn2ccccc2n1. The number of aromatic nitrogens is 2. The number of carbonyl (C=O) groups is 1. The van der Waals surface area contributed by atoms with Gasteiger partial charge in [-0.25, -0.2) is 9.78 Å². The summed E-state index contributed by atoms with van der Waals surface area (Å²) in [6.07, 6.45) is 4.68. The molecule has 0 unspecified atom stereocenters. The number of fused-ring (bicyclic) bond motifs is 1. The predicted molar refractivity (Wildman–Crippen MR) is 94.9 cm³/mol. The van der Waals surface area contributed by atoms with Crippen molar-refractivity contribution < 1.29 is 4.79 Å². The van der Waals surface area contributed by atoms with Crippen LogP contribution >= 0.6 is 0 Å². The van der Waals surface area contributed by atoms with Gasteiger partial charge in [0.05, 0.1) is 11.7 Å². The van der Waals surface area contributed by atoms with E-state index in [2.05, 4.69) is 10.3 Å². The van der Waals surface area contributed by atoms with Crippen LogP contribution in [0.4, 0.5) is 4.79 Å². The van der Waals surface area contributed by atoms with Gasteiger partial charge in [0.25, 0.3) is 0 Å². The Morgan fingerprint density at radius 1 is 1.21 bits per heavy atom. The van der Waals surface area contributed by atoms with E-state index in [0.717, 1.165) is 16.9 Å². The molecule has 0 bridgehead atoms. The highest BCUT2D eigenvalue weighted by Gasteiger charge is 2.16. The van der Waals surface area contributed by atoms with E-state index in [4.69, 9.17) is 0 Å². The molecule has 0 saturated carbocycles. The number of rotatable bonds is 5. The van der Waals surface area contributed by atoms with Crippen LogP contribution in [0.15, 0.2) is 60.9 Å². The normalized spacial score (nSPS) is 12.1. The number of nitrogens with one attached hydrogen (secondary N) is 1. The zero-order valence-electron chi connectivity index (χ0n) is 14.0. The van der Waals surface area contributed by atoms with E-state index < -0.39 is 0 Å². The molecule has 1 aromatic carbocycles. The van der Waals surface area contributed by atoms with Crippen LogP contribution < -0.4 is 5.32 Å². The van der Waals surface area contributed by atoms with Crippen LogP contribution in [0.1, 0.15) is 24.2 Å². The molecule has 5 nitrogen and oxygen atoms in total. The summed E-state index contributed by atoms with van der Waals surface area (Å²) in [5.74, 6) is 0. The summed E-state index contributed by atoms with van der Waals surface area (Å²) < 4.78 is 1.99. The maximum absolute atomic E-state index is 12.3. The van der Waals surface area contributed by atoms with Crippen molar-refractivity contribution in [1.29, 1.82) is 0 Å². The molecule has 2 heterocycles. The number of urea groups is 1. The van der Waals surface area contributed by atoms with Crippen molar-refractivity contribution in [1.82, 2.24) is 19.6 Å². The number of pyridine rings is 1. The van der Waals surface area contributed by atoms with Crippen LogP contribution in [0.25, 0.3) is 5.65 Å². The van der Waals surface area contributed by atoms with Crippen LogP contribution in [0, 0.1) is 0 Å². The molecular formula is C19H22N4O. The van der Waals surface area contributed by atoms with Crippen LogP contribution in [-0.2, 0) is 6.42 Å². The lowest BCUT2D eigenvalue weighted by molar-refractivity contribution is 0.194. The first kappa shape index (κ1) is 16.1. The highest BCUT2D eigenvalue weighted by molar-refractivity contribution is 5.74. The van der Waals surface area contributed by atoms with E-state index in [1.807, 2.05) is 79.3 Å². The summed E-state index contributed by atoms with van der Waals surface area (Å²) >= 11 is 0. The average Bonchev–Trinajstić information content (AvgIpc) is 3.03. The van der Waals surface area contributed by atoms with Gasteiger partial charge < -0.3 is 14.6 Å². The predicted octanol–water partition coefficient (Wildman–Crippen LogP) is 3.28. The van der Waals surface area contributed by atoms with Crippen LogP contribution in [0.3, 0.4) is 0 Å². The molecule has 3 aromatic rings. The maximum Gasteiger partial charge on any atom is 0.317 e. The molecule has 24 heavy (non-hydrogen) atoms. The maximum atomic E-state index is 12.3. The van der Waals surface area contributed by atoms with Gasteiger partial charge in [-0.1, -0.05) is 36.4 Å². The van der Waals surface area contributed by atoms with Crippen molar-refractivity contribution >= 4 is 11.7 Å². The van der Waals surface area contributed by atoms with E-state index in [1.54, 1.807) is 4.90 Å². The van der Waals surface area contributed by atoms with Gasteiger partial charge in [-0.2, -0.15) is 0 Å². The van der Waals surface area contributed by atoms with Crippen molar-refractivity contribution in [3.63, 3.8) is 0 Å². The highest BCUT2D eigenvalue weighted by atomic mass is 16.2. The third-order valence-electron chi connectivity index (χ3n) is 4.25. The van der Waals surface area contributed by atoms with Gasteiger partial charge in [-0.15, -0.1) is 0 Å². The summed E-state index contributed by atoms with van der Waals surface area (Å²) in [5.41, 5.74) is 3.02. The first-order chi connectivity index (χ1) is 11.6. The van der Waals surface area contributed by atoms with Crippen molar-refractivity contribution in [2.24, 2.45) is 0 Å². The number of imidazole rings is 1. The Bertz CT molecular complexity index is 779. The standard InChI is InChI=1S/C19H22N4O/c1-15(16-8-4-3-5-9-16)22(2)19(24)20-12-11-17-14-23-13-7-6-10-18(23)21-17/h3-10,13-15H,11-12H2,1-2H3,(H,20,24)/t15-/m1/s1. The molecular weight excluding hydrogens is 300 g/mol. The van der Waals surface area contributed by atoms with E-state index in [1.165, 1.54) is 0 Å². The van der Waals surface area contributed by atoms with Gasteiger partial charge in [0, 0.05) is 32.4 Å². The molecule has 5 heteroatoms. The Labute approximate surface area is 141 Å². The Kier molecular flexibility index (Phi) is 4.79. The Hall–Kier alpha value is -2.82. The van der Waals surface area contributed by atoms with Crippen LogP contribution in [0.5, 0.6) is 0 Å². The molecule has 124 valence electrons. The summed E-state index contributed by atoms with van der Waals surface area (Å²) in [6.45, 7) is 2.59. The van der Waals surface area contributed by atoms with Crippen molar-refractivity contribution in [3.8, 4) is 0 Å². The molecule has 0 aliphatic rings. The smallest absolute Gasteiger partial charge is 0.317 e. The van der Waals surface area contributed by atoms with Crippen molar-refractivity contribution in [2.45, 2.75) is 19.4 Å². The molecule has 0 fully saturated rings. The van der Waals surface area contributed by atoms with Crippen LogP contribution in [-0.4, -0.2) is 33.9 Å². The summed E-state index contributed by atoms with van der Waals surface area (Å²) in [5, 5.41) is 2.96. The monoisotopic (exact) mass is 322 g/mol. The Balaban J connectivity index is 1.53. The van der Waals surface area contributed by atoms with E-state index in [-0.39, 0.29) is 12.1 Å². The Morgan fingerprint density at radius 2 is 1.96 bits per heavy atom. The fraction of sp³-hybridized carbons (Fsp3) is 0.263. The quantitative estimate of drug-likeness (QED) is 0.784. The van der Waals surface area contributed by atoms with E-state index in [0.29, 0.717) is 13.0 Å². The zero-order valence-corrected chi connectivity index (χ0v) is 14.0. The summed E-state index contributed by atoms with van der Waals surface area (Å²) in [4.78, 5) is 18.6. The number of hydrogen-bond donors (Lipinski definition) is 1. The second-order valence-electron chi connectivity index (χ2n) is 5.88. The van der Waals surface area contributed by atoms with Gasteiger partial charge in [-0.05, 0) is 24.6 Å². The van der Waals surface area contributed by atoms with Crippen LogP contribution in [0.2, 0.25) is 0 Å². The molecule has 0 aliphatic carbocycles. The third kappa shape index (κ3) is 3.56. The largest absolute Gasteiger partial charge is 0.338 e. The molecule has 0 aliphatic heterocycles. The van der Waals surface area contributed by atoms with Crippen molar-refractivity contribution in [3.05, 3.63) is 72.2 Å². The van der Waals surface area contributed by atoms with Crippen molar-refractivity contribution in [2.75, 3.05) is 13.6 Å². The van der Waals surface area contributed by atoms with Gasteiger partial charge >= 0.3 is 6.03 Å². The number of nitrogens with zero attached hydrogens (tertiary/aromatic N) is 3. The number of hydrogen-bond acceptors (Lipinski definition) is 2. The number of benzene rings is 1. The van der Waals surface area contributed by atoms with Gasteiger partial charge in [0.1, 0.15) is 5.65 Å². The van der Waals surface area contributed by atoms with Gasteiger partial charge in [0.15, 0.2) is 0 Å². The fourth-order valence-electron chi connectivity index (χ4n) is 2.66. The second kappa shape index (κ2) is 7.17. The lowest BCUT2D eigenvalue weighted by Crippen LogP contribution is -2.39. The minimum Gasteiger partial charge on any atom is -0.338 e. The summed E-state index contributed by atoms with van der Waals surface area (Å²) in [7, 11) is 1.82. The zero-order chi connectivity index (χ0) is 16.9. The van der Waals surface area contributed by atoms with Gasteiger partial charge in [-0.3, -0.25) is 0 Å². The Morgan fingerprint density at radius 3 is 2.71 bits per heavy atom. The molecule has 1 atom stereocenters. The molecule has 2 amide bonds. The molecule has 2 aromatic heterocycles. The molecule has 1 N–H and O–H groups in total. The highest BCUT2D eigenvalue weighted by Crippen LogP contribution is 2.17. The van der Waals surface area contributed by atoms with Gasteiger partial charge in [0.2, 0.25) is 0 Å². The topological polar surface area (TPSA) is 49.6 Å². The van der Waals surface area contributed by atoms with E-state index in [9.17, 15) is 4.79 Å². The fourth-order valence-corrected chi connectivity index (χ4v) is 2.66. The molecule has 0 spiro atoms. The molecule has 3 rings (SSSR count). The molecule has 0 saturated heterocycles. The third-order valence-corrected chi connectivity index (χ3v) is 4.25. The number of carbonyl (C=O) groups excluding carboxylic acids is 1. The number of amides is 2. The average molecular weight is 322 g/mol. The lowest BCUT2D eigenvalue weighted by atomic mass is 10.1. The van der Waals surface area contributed by atoms with E-state index >= 15 is 0 Å². The summed E-state index contributed by atoms with van der Waals surface area (Å²) in [6, 6.07) is 15.9. The molecule has 0 radical (unpaired) electrons. The lowest BCUT2D eigenvalue weighted by Gasteiger charge is -2.25. The second-order valence-corrected chi connectivity index (χ2v) is 5.88. The first-order valence-corrected chi connectivity index (χ1v) is 8.13.